The van der Waals surface area contributed by atoms with Gasteiger partial charge in [-0.25, -0.2) is 0 Å². The van der Waals surface area contributed by atoms with Crippen LogP contribution < -0.4 is 5.32 Å². The number of aromatic nitrogens is 2. The molecule has 0 bridgehead atoms. The van der Waals surface area contributed by atoms with Crippen molar-refractivity contribution in [3.05, 3.63) is 56.7 Å². The number of amides is 1. The van der Waals surface area contributed by atoms with Crippen molar-refractivity contribution in [1.82, 2.24) is 10.2 Å². The fourth-order valence-electron chi connectivity index (χ4n) is 3.06. The molecule has 6 heteroatoms. The van der Waals surface area contributed by atoms with Crippen LogP contribution in [0.3, 0.4) is 0 Å². The third-order valence-corrected chi connectivity index (χ3v) is 5.54. The predicted molar refractivity (Wildman–Crippen MR) is 93.2 cm³/mol. The molecule has 1 atom stereocenters. The highest BCUT2D eigenvalue weighted by Gasteiger charge is 2.33. The van der Waals surface area contributed by atoms with Crippen molar-refractivity contribution in [1.29, 1.82) is 0 Å². The van der Waals surface area contributed by atoms with Gasteiger partial charge in [0.2, 0.25) is 5.91 Å². The first-order valence-corrected chi connectivity index (χ1v) is 8.57. The fraction of sp³-hybridized carbons (Fsp3) is 0.176. The molecular formula is C17H14ClN3OS. The summed E-state index contributed by atoms with van der Waals surface area (Å²) in [5.74, 6) is 0.664. The number of nitrogens with one attached hydrogen (secondary N) is 2. The number of H-pyrrole nitrogens is 1. The normalized spacial score (nSPS) is 17.0. The number of fused-ring (bicyclic) bond motifs is 1. The number of anilines is 1. The van der Waals surface area contributed by atoms with Gasteiger partial charge in [0.25, 0.3) is 0 Å². The van der Waals surface area contributed by atoms with Gasteiger partial charge in [0, 0.05) is 33.4 Å². The Labute approximate surface area is 142 Å². The lowest BCUT2D eigenvalue weighted by atomic mass is 9.87. The smallest absolute Gasteiger partial charge is 0.226 e. The predicted octanol–water partition coefficient (Wildman–Crippen LogP) is 4.57. The van der Waals surface area contributed by atoms with E-state index in [4.69, 9.17) is 11.6 Å². The summed E-state index contributed by atoms with van der Waals surface area (Å²) in [6.45, 7) is 2.08. The summed E-state index contributed by atoms with van der Waals surface area (Å²) in [4.78, 5) is 13.3. The van der Waals surface area contributed by atoms with Gasteiger partial charge in [0.1, 0.15) is 0 Å². The Hall–Kier alpha value is -2.11. The molecule has 1 aliphatic heterocycles. The molecule has 4 nitrogen and oxygen atoms in total. The van der Waals surface area contributed by atoms with Crippen LogP contribution in [0.1, 0.15) is 28.3 Å². The van der Waals surface area contributed by atoms with Crippen LogP contribution in [0.15, 0.2) is 35.7 Å². The Morgan fingerprint density at radius 2 is 2.04 bits per heavy atom. The monoisotopic (exact) mass is 343 g/mol. The van der Waals surface area contributed by atoms with Crippen LogP contribution in [0.25, 0.3) is 11.3 Å². The highest BCUT2D eigenvalue weighted by atomic mass is 35.5. The van der Waals surface area contributed by atoms with Gasteiger partial charge in [0.15, 0.2) is 5.82 Å². The van der Waals surface area contributed by atoms with E-state index in [0.717, 1.165) is 16.8 Å². The molecule has 3 aromatic rings. The van der Waals surface area contributed by atoms with Gasteiger partial charge < -0.3 is 5.32 Å². The minimum Gasteiger partial charge on any atom is -0.309 e. The van der Waals surface area contributed by atoms with E-state index in [1.54, 1.807) is 11.3 Å². The number of rotatable bonds is 2. The molecule has 3 heterocycles. The number of hydrogen-bond acceptors (Lipinski definition) is 3. The molecule has 23 heavy (non-hydrogen) atoms. The number of halogens is 1. The average Bonchev–Trinajstić information content (AvgIpc) is 3.13. The number of benzene rings is 1. The van der Waals surface area contributed by atoms with Crippen LogP contribution >= 0.6 is 22.9 Å². The SMILES string of the molecule is Cc1ccsc1C1CC(=O)Nc2n[nH]c(-c3ccc(Cl)cc3)c21. The molecule has 1 unspecified atom stereocenters. The molecule has 1 aromatic carbocycles. The number of nitrogens with zero attached hydrogens (tertiary/aromatic N) is 1. The zero-order valence-corrected chi connectivity index (χ0v) is 14.0. The Morgan fingerprint density at radius 3 is 2.74 bits per heavy atom. The van der Waals surface area contributed by atoms with E-state index in [0.29, 0.717) is 17.3 Å². The molecular weight excluding hydrogens is 330 g/mol. The van der Waals surface area contributed by atoms with E-state index in [2.05, 4.69) is 33.9 Å². The summed E-state index contributed by atoms with van der Waals surface area (Å²) in [5, 5.41) is 13.0. The lowest BCUT2D eigenvalue weighted by Gasteiger charge is -2.23. The van der Waals surface area contributed by atoms with Crippen molar-refractivity contribution in [3.63, 3.8) is 0 Å². The van der Waals surface area contributed by atoms with Crippen molar-refractivity contribution in [3.8, 4) is 11.3 Å². The topological polar surface area (TPSA) is 57.8 Å². The number of hydrogen-bond donors (Lipinski definition) is 2. The van der Waals surface area contributed by atoms with Crippen LogP contribution in [0, 0.1) is 6.92 Å². The van der Waals surface area contributed by atoms with Crippen molar-refractivity contribution >= 4 is 34.7 Å². The van der Waals surface area contributed by atoms with Crippen LogP contribution in [0.4, 0.5) is 5.82 Å². The average molecular weight is 344 g/mol. The summed E-state index contributed by atoms with van der Waals surface area (Å²) < 4.78 is 0. The van der Waals surface area contributed by atoms with E-state index in [1.165, 1.54) is 10.4 Å². The Kier molecular flexibility index (Phi) is 3.47. The quantitative estimate of drug-likeness (QED) is 0.715. The molecule has 0 saturated heterocycles. The van der Waals surface area contributed by atoms with Crippen LogP contribution in [-0.4, -0.2) is 16.1 Å². The lowest BCUT2D eigenvalue weighted by molar-refractivity contribution is -0.116. The summed E-state index contributed by atoms with van der Waals surface area (Å²) in [6.07, 6.45) is 0.439. The second kappa shape index (κ2) is 5.51. The van der Waals surface area contributed by atoms with Gasteiger partial charge in [-0.2, -0.15) is 5.10 Å². The number of carbonyl (C=O) groups is 1. The third kappa shape index (κ3) is 2.46. The van der Waals surface area contributed by atoms with E-state index in [1.807, 2.05) is 24.3 Å². The number of aryl methyl sites for hydroxylation is 1. The molecule has 2 aromatic heterocycles. The Bertz CT molecular complexity index is 882. The first kappa shape index (κ1) is 14.5. The highest BCUT2D eigenvalue weighted by molar-refractivity contribution is 7.10. The van der Waals surface area contributed by atoms with Crippen LogP contribution in [0.2, 0.25) is 5.02 Å². The number of thiophene rings is 1. The van der Waals surface area contributed by atoms with Gasteiger partial charge in [-0.05, 0) is 36.1 Å². The first-order chi connectivity index (χ1) is 11.1. The minimum atomic E-state index is 0.00413. The summed E-state index contributed by atoms with van der Waals surface area (Å²) in [5.41, 5.74) is 4.22. The van der Waals surface area contributed by atoms with E-state index < -0.39 is 0 Å². The number of carbonyl (C=O) groups excluding carboxylic acids is 1. The zero-order chi connectivity index (χ0) is 16.0. The maximum atomic E-state index is 12.1. The molecule has 0 spiro atoms. The fourth-order valence-corrected chi connectivity index (χ4v) is 4.22. The second-order valence-electron chi connectivity index (χ2n) is 5.64. The molecule has 0 aliphatic carbocycles. The maximum absolute atomic E-state index is 12.1. The van der Waals surface area contributed by atoms with Gasteiger partial charge in [-0.1, -0.05) is 23.7 Å². The Balaban J connectivity index is 1.88. The summed E-state index contributed by atoms with van der Waals surface area (Å²) >= 11 is 7.67. The standard InChI is InChI=1S/C17H14ClN3OS/c1-9-6-7-23-16(9)12-8-13(22)19-17-14(12)15(20-21-17)10-2-4-11(18)5-3-10/h2-7,12H,8H2,1H3,(H2,19,20,21,22). The highest BCUT2D eigenvalue weighted by Crippen LogP contribution is 2.44. The van der Waals surface area contributed by atoms with Crippen molar-refractivity contribution < 1.29 is 4.79 Å². The largest absolute Gasteiger partial charge is 0.309 e. The van der Waals surface area contributed by atoms with Gasteiger partial charge >= 0.3 is 0 Å². The third-order valence-electron chi connectivity index (χ3n) is 4.15. The Morgan fingerprint density at radius 1 is 1.26 bits per heavy atom. The van der Waals surface area contributed by atoms with E-state index in [-0.39, 0.29) is 11.8 Å². The second-order valence-corrected chi connectivity index (χ2v) is 7.02. The van der Waals surface area contributed by atoms with Crippen molar-refractivity contribution in [2.75, 3.05) is 5.32 Å². The van der Waals surface area contributed by atoms with E-state index >= 15 is 0 Å². The molecule has 0 fully saturated rings. The van der Waals surface area contributed by atoms with Gasteiger partial charge in [-0.3, -0.25) is 9.89 Å². The first-order valence-electron chi connectivity index (χ1n) is 7.31. The van der Waals surface area contributed by atoms with Gasteiger partial charge in [0.05, 0.1) is 5.69 Å². The summed E-state index contributed by atoms with van der Waals surface area (Å²) in [6, 6.07) is 9.73. The molecule has 4 rings (SSSR count). The molecule has 116 valence electrons. The molecule has 1 amide bonds. The minimum absolute atomic E-state index is 0.00413. The molecule has 0 radical (unpaired) electrons. The molecule has 0 saturated carbocycles. The lowest BCUT2D eigenvalue weighted by Crippen LogP contribution is -2.23. The summed E-state index contributed by atoms with van der Waals surface area (Å²) in [7, 11) is 0. The molecule has 2 N–H and O–H groups in total. The van der Waals surface area contributed by atoms with Gasteiger partial charge in [-0.15, -0.1) is 11.3 Å². The zero-order valence-electron chi connectivity index (χ0n) is 12.4. The number of aromatic amines is 1. The maximum Gasteiger partial charge on any atom is 0.226 e. The van der Waals surface area contributed by atoms with Crippen LogP contribution in [0.5, 0.6) is 0 Å². The van der Waals surface area contributed by atoms with Crippen molar-refractivity contribution in [2.45, 2.75) is 19.3 Å². The van der Waals surface area contributed by atoms with Crippen LogP contribution in [-0.2, 0) is 4.79 Å². The van der Waals surface area contributed by atoms with E-state index in [9.17, 15) is 4.79 Å². The molecule has 1 aliphatic rings. The van der Waals surface area contributed by atoms with Crippen molar-refractivity contribution in [2.24, 2.45) is 0 Å².